The Morgan fingerprint density at radius 1 is 1.03 bits per heavy atom. The average Bonchev–Trinajstić information content (AvgIpc) is 2.72. The molecular weight excluding hydrogens is 364 g/mol. The normalized spacial score (nSPS) is 22.6. The lowest BCUT2D eigenvalue weighted by Gasteiger charge is -2.33. The van der Waals surface area contributed by atoms with Gasteiger partial charge in [0.1, 0.15) is 0 Å². The van der Waals surface area contributed by atoms with Gasteiger partial charge in [0.2, 0.25) is 5.91 Å². The smallest absolute Gasteiger partial charge is 0.220 e. The van der Waals surface area contributed by atoms with Crippen molar-refractivity contribution in [1.82, 2.24) is 20.4 Å². The minimum Gasteiger partial charge on any atom is -0.369 e. The fourth-order valence-corrected chi connectivity index (χ4v) is 4.40. The van der Waals surface area contributed by atoms with Crippen LogP contribution in [0.3, 0.4) is 0 Å². The summed E-state index contributed by atoms with van der Waals surface area (Å²) >= 11 is 0. The quantitative estimate of drug-likeness (QED) is 0.276. The van der Waals surface area contributed by atoms with Gasteiger partial charge in [-0.2, -0.15) is 0 Å². The molecule has 4 N–H and O–H groups in total. The van der Waals surface area contributed by atoms with Gasteiger partial charge in [-0.3, -0.25) is 9.79 Å². The Hall–Kier alpha value is -1.34. The molecule has 0 aliphatic carbocycles. The highest BCUT2D eigenvalue weighted by Gasteiger charge is 2.22. The Balaban J connectivity index is 1.55. The largest absolute Gasteiger partial charge is 0.369 e. The average molecular weight is 409 g/mol. The van der Waals surface area contributed by atoms with Crippen molar-refractivity contribution >= 4 is 11.9 Å². The van der Waals surface area contributed by atoms with Gasteiger partial charge in [0.05, 0.1) is 0 Å². The number of carbonyl (C=O) groups is 1. The number of amides is 1. The summed E-state index contributed by atoms with van der Waals surface area (Å²) in [7, 11) is 0. The summed E-state index contributed by atoms with van der Waals surface area (Å²) in [5.41, 5.74) is 5.41. The molecule has 7 heteroatoms. The van der Waals surface area contributed by atoms with Crippen LogP contribution in [0.15, 0.2) is 4.99 Å². The maximum atomic E-state index is 11.2. The summed E-state index contributed by atoms with van der Waals surface area (Å²) < 4.78 is 0. The lowest BCUT2D eigenvalue weighted by atomic mass is 9.96. The molecule has 168 valence electrons. The van der Waals surface area contributed by atoms with Crippen molar-refractivity contribution in [2.75, 3.05) is 52.4 Å². The fraction of sp³-hybridized carbons (Fsp3) is 0.909. The number of carbonyl (C=O) groups excluding carboxylic acids is 1. The third kappa shape index (κ3) is 9.34. The van der Waals surface area contributed by atoms with Crippen LogP contribution in [-0.2, 0) is 4.79 Å². The highest BCUT2D eigenvalue weighted by Crippen LogP contribution is 2.17. The fourth-order valence-electron chi connectivity index (χ4n) is 4.40. The zero-order valence-electron chi connectivity index (χ0n) is 18.8. The van der Waals surface area contributed by atoms with Crippen LogP contribution in [0.4, 0.5) is 0 Å². The lowest BCUT2D eigenvalue weighted by molar-refractivity contribution is -0.123. The number of rotatable bonds is 11. The molecule has 0 aromatic carbocycles. The number of piperidine rings is 2. The third-order valence-electron chi connectivity index (χ3n) is 6.34. The van der Waals surface area contributed by atoms with Crippen molar-refractivity contribution in [3.63, 3.8) is 0 Å². The first-order valence-corrected chi connectivity index (χ1v) is 11.9. The topological polar surface area (TPSA) is 86.0 Å². The van der Waals surface area contributed by atoms with E-state index in [4.69, 9.17) is 10.7 Å². The number of guanidine groups is 1. The number of nitrogens with one attached hydrogen (secondary N) is 2. The van der Waals surface area contributed by atoms with Crippen molar-refractivity contribution in [3.8, 4) is 0 Å². The number of aliphatic imine (C=N–C) groups is 1. The van der Waals surface area contributed by atoms with Crippen LogP contribution >= 0.6 is 0 Å². The summed E-state index contributed by atoms with van der Waals surface area (Å²) in [4.78, 5) is 21.1. The van der Waals surface area contributed by atoms with Crippen molar-refractivity contribution in [2.45, 2.75) is 71.3 Å². The number of unbranched alkanes of at least 4 members (excludes halogenated alkanes) is 1. The highest BCUT2D eigenvalue weighted by molar-refractivity contribution is 5.79. The number of hydrogen-bond donors (Lipinski definition) is 3. The van der Waals surface area contributed by atoms with E-state index in [-0.39, 0.29) is 11.8 Å². The molecule has 1 amide bonds. The van der Waals surface area contributed by atoms with Gasteiger partial charge in [0, 0.05) is 38.1 Å². The van der Waals surface area contributed by atoms with Crippen LogP contribution in [0.5, 0.6) is 0 Å². The van der Waals surface area contributed by atoms with Gasteiger partial charge in [-0.1, -0.05) is 6.42 Å². The molecule has 29 heavy (non-hydrogen) atoms. The lowest BCUT2D eigenvalue weighted by Crippen LogP contribution is -2.40. The molecule has 7 nitrogen and oxygen atoms in total. The second-order valence-corrected chi connectivity index (χ2v) is 8.65. The highest BCUT2D eigenvalue weighted by atomic mass is 16.1. The van der Waals surface area contributed by atoms with Crippen molar-refractivity contribution < 1.29 is 4.79 Å². The summed E-state index contributed by atoms with van der Waals surface area (Å²) in [5.74, 6) is 0.904. The monoisotopic (exact) mass is 408 g/mol. The first-order chi connectivity index (χ1) is 14.1. The van der Waals surface area contributed by atoms with Gasteiger partial charge in [-0.15, -0.1) is 0 Å². The van der Waals surface area contributed by atoms with Gasteiger partial charge >= 0.3 is 0 Å². The summed E-state index contributed by atoms with van der Waals surface area (Å²) in [6.07, 6.45) is 9.34. The van der Waals surface area contributed by atoms with Crippen LogP contribution in [-0.4, -0.2) is 80.1 Å². The molecule has 2 saturated heterocycles. The Kier molecular flexibility index (Phi) is 11.4. The number of hydrogen-bond acceptors (Lipinski definition) is 4. The maximum absolute atomic E-state index is 11.2. The molecule has 2 aliphatic heterocycles. The van der Waals surface area contributed by atoms with E-state index >= 15 is 0 Å². The van der Waals surface area contributed by atoms with E-state index in [1.807, 2.05) is 0 Å². The number of nitrogens with two attached hydrogens (primary N) is 1. The van der Waals surface area contributed by atoms with E-state index in [1.165, 1.54) is 32.2 Å². The predicted molar refractivity (Wildman–Crippen MR) is 121 cm³/mol. The van der Waals surface area contributed by atoms with Crippen LogP contribution in [0.2, 0.25) is 0 Å². The second-order valence-electron chi connectivity index (χ2n) is 8.65. The van der Waals surface area contributed by atoms with E-state index in [0.717, 1.165) is 83.5 Å². The van der Waals surface area contributed by atoms with Crippen molar-refractivity contribution in [3.05, 3.63) is 0 Å². The first-order valence-electron chi connectivity index (χ1n) is 11.9. The van der Waals surface area contributed by atoms with Crippen LogP contribution in [0, 0.1) is 5.92 Å². The standard InChI is InChI=1S/C22H44N6O/c1-3-24-22(26-13-8-16-28-15-6-4-9-19(28)2)25-12-5-7-14-27-17-10-20(11-18-27)21(23)29/h19-20H,3-18H2,1-2H3,(H2,23,29)(H2,24,25,26). The summed E-state index contributed by atoms with van der Waals surface area (Å²) in [6.45, 7) is 12.7. The van der Waals surface area contributed by atoms with Gasteiger partial charge in [-0.05, 0) is 85.0 Å². The Morgan fingerprint density at radius 3 is 2.52 bits per heavy atom. The molecule has 2 heterocycles. The molecule has 2 aliphatic rings. The first kappa shape index (κ1) is 23.9. The van der Waals surface area contributed by atoms with Crippen LogP contribution < -0.4 is 16.4 Å². The van der Waals surface area contributed by atoms with Crippen LogP contribution in [0.1, 0.15) is 65.2 Å². The molecule has 0 radical (unpaired) electrons. The molecule has 2 fully saturated rings. The Labute approximate surface area is 177 Å². The third-order valence-corrected chi connectivity index (χ3v) is 6.34. The van der Waals surface area contributed by atoms with E-state index < -0.39 is 0 Å². The Bertz CT molecular complexity index is 490. The summed E-state index contributed by atoms with van der Waals surface area (Å²) in [6, 6.07) is 0.737. The molecule has 0 aromatic heterocycles. The minimum atomic E-state index is -0.130. The van der Waals surface area contributed by atoms with E-state index in [1.54, 1.807) is 0 Å². The zero-order valence-corrected chi connectivity index (χ0v) is 18.8. The molecule has 0 saturated carbocycles. The van der Waals surface area contributed by atoms with E-state index in [9.17, 15) is 4.79 Å². The molecule has 2 rings (SSSR count). The molecule has 1 unspecified atom stereocenters. The van der Waals surface area contributed by atoms with E-state index in [0.29, 0.717) is 0 Å². The molecule has 0 bridgehead atoms. The summed E-state index contributed by atoms with van der Waals surface area (Å²) in [5, 5.41) is 6.83. The van der Waals surface area contributed by atoms with E-state index in [2.05, 4.69) is 34.3 Å². The molecule has 0 spiro atoms. The van der Waals surface area contributed by atoms with Crippen LogP contribution in [0.25, 0.3) is 0 Å². The number of likely N-dealkylation sites (tertiary alicyclic amines) is 2. The maximum Gasteiger partial charge on any atom is 0.220 e. The Morgan fingerprint density at radius 2 is 1.83 bits per heavy atom. The molecule has 1 atom stereocenters. The minimum absolute atomic E-state index is 0.0879. The van der Waals surface area contributed by atoms with Gasteiger partial charge in [0.15, 0.2) is 5.96 Å². The van der Waals surface area contributed by atoms with Crippen molar-refractivity contribution in [2.24, 2.45) is 16.6 Å². The van der Waals surface area contributed by atoms with Gasteiger partial charge in [0.25, 0.3) is 0 Å². The van der Waals surface area contributed by atoms with Crippen molar-refractivity contribution in [1.29, 1.82) is 0 Å². The zero-order chi connectivity index (χ0) is 20.9. The SMILES string of the molecule is CCNC(=NCCCN1CCCCC1C)NCCCCN1CCC(C(N)=O)CC1. The molecule has 0 aromatic rings. The predicted octanol–water partition coefficient (Wildman–Crippen LogP) is 1.78. The second kappa shape index (κ2) is 13.8. The number of primary amides is 1. The number of nitrogens with zero attached hydrogens (tertiary/aromatic N) is 3. The van der Waals surface area contributed by atoms with Gasteiger partial charge < -0.3 is 26.2 Å². The molecular formula is C22H44N6O. The van der Waals surface area contributed by atoms with Gasteiger partial charge in [-0.25, -0.2) is 0 Å².